The lowest BCUT2D eigenvalue weighted by Gasteiger charge is -2.38. The number of halogens is 3. The minimum Gasteiger partial charge on any atom is -0.465 e. The summed E-state index contributed by atoms with van der Waals surface area (Å²) in [4.78, 5) is 14.0. The zero-order chi connectivity index (χ0) is 20.8. The Balaban J connectivity index is 1.88. The summed E-state index contributed by atoms with van der Waals surface area (Å²) in [5.41, 5.74) is 4.05. The lowest BCUT2D eigenvalue weighted by molar-refractivity contribution is -0.137. The average Bonchev–Trinajstić information content (AvgIpc) is 2.73. The molecule has 1 heterocycles. The molecule has 0 aromatic heterocycles. The number of carbonyl (C=O) groups excluding carboxylic acids is 1. The van der Waals surface area contributed by atoms with E-state index in [1.54, 1.807) is 12.1 Å². The SMILES string of the molecule is COC(=O)c1ccc2c(c1)-c1ccccc1C(C)N2c1ccc(C(F)(F)F)cc1. The monoisotopic (exact) mass is 397 g/mol. The number of hydrogen-bond donors (Lipinski definition) is 0. The predicted octanol–water partition coefficient (Wildman–Crippen LogP) is 6.37. The van der Waals surface area contributed by atoms with E-state index < -0.39 is 17.7 Å². The number of methoxy groups -OCH3 is 1. The van der Waals surface area contributed by atoms with Crippen molar-refractivity contribution in [3.8, 4) is 11.1 Å². The molecule has 1 atom stereocenters. The van der Waals surface area contributed by atoms with Gasteiger partial charge in [0.05, 0.1) is 24.3 Å². The Bertz CT molecular complexity index is 1070. The summed E-state index contributed by atoms with van der Waals surface area (Å²) in [5.74, 6) is -0.440. The number of nitrogens with zero attached hydrogens (tertiary/aromatic N) is 1. The van der Waals surface area contributed by atoms with Crippen molar-refractivity contribution in [2.45, 2.75) is 19.1 Å². The number of rotatable bonds is 2. The molecule has 3 nitrogen and oxygen atoms in total. The van der Waals surface area contributed by atoms with Gasteiger partial charge in [0.25, 0.3) is 0 Å². The highest BCUT2D eigenvalue weighted by molar-refractivity contribution is 5.96. The minimum absolute atomic E-state index is 0.0978. The van der Waals surface area contributed by atoms with Gasteiger partial charge in [-0.2, -0.15) is 13.2 Å². The molecule has 0 saturated carbocycles. The summed E-state index contributed by atoms with van der Waals surface area (Å²) in [5, 5.41) is 0. The number of alkyl halides is 3. The maximum atomic E-state index is 13.0. The third kappa shape index (κ3) is 3.24. The second-order valence-electron chi connectivity index (χ2n) is 6.90. The van der Waals surface area contributed by atoms with Crippen LogP contribution >= 0.6 is 0 Å². The van der Waals surface area contributed by atoms with Crippen LogP contribution < -0.4 is 4.90 Å². The quantitative estimate of drug-likeness (QED) is 0.471. The smallest absolute Gasteiger partial charge is 0.416 e. The number of esters is 1. The zero-order valence-corrected chi connectivity index (χ0v) is 15.8. The first-order chi connectivity index (χ1) is 13.8. The lowest BCUT2D eigenvalue weighted by atomic mass is 9.87. The summed E-state index contributed by atoms with van der Waals surface area (Å²) in [6.45, 7) is 2.01. The molecular formula is C23H18F3NO2. The van der Waals surface area contributed by atoms with Gasteiger partial charge in [-0.15, -0.1) is 0 Å². The highest BCUT2D eigenvalue weighted by Crippen LogP contribution is 2.48. The zero-order valence-electron chi connectivity index (χ0n) is 15.8. The van der Waals surface area contributed by atoms with Crippen LogP contribution in [0.15, 0.2) is 66.7 Å². The third-order valence-corrected chi connectivity index (χ3v) is 5.24. The van der Waals surface area contributed by atoms with Gasteiger partial charge in [-0.1, -0.05) is 24.3 Å². The van der Waals surface area contributed by atoms with Gasteiger partial charge < -0.3 is 9.64 Å². The average molecular weight is 397 g/mol. The predicted molar refractivity (Wildman–Crippen MR) is 105 cm³/mol. The van der Waals surface area contributed by atoms with Crippen LogP contribution in [0.4, 0.5) is 24.5 Å². The summed E-state index contributed by atoms with van der Waals surface area (Å²) in [6, 6.07) is 18.1. The van der Waals surface area contributed by atoms with Crippen molar-refractivity contribution in [2.75, 3.05) is 12.0 Å². The van der Waals surface area contributed by atoms with Gasteiger partial charge in [-0.25, -0.2) is 4.79 Å². The molecule has 0 aliphatic carbocycles. The molecule has 4 rings (SSSR count). The number of ether oxygens (including phenoxy) is 1. The lowest BCUT2D eigenvalue weighted by Crippen LogP contribution is -2.26. The molecule has 0 bridgehead atoms. The second-order valence-corrected chi connectivity index (χ2v) is 6.90. The van der Waals surface area contributed by atoms with Gasteiger partial charge >= 0.3 is 12.1 Å². The van der Waals surface area contributed by atoms with Crippen LogP contribution in [0, 0.1) is 0 Å². The summed E-state index contributed by atoms with van der Waals surface area (Å²) in [6.07, 6.45) is -4.38. The number of hydrogen-bond acceptors (Lipinski definition) is 3. The van der Waals surface area contributed by atoms with Gasteiger partial charge in [-0.05, 0) is 60.5 Å². The standard InChI is InChI=1S/C23H18F3NO2/c1-14-18-5-3-4-6-19(18)20-13-15(22(28)29-2)7-12-21(20)27(14)17-10-8-16(9-11-17)23(24,25)26/h3-14H,1-2H3. The molecule has 0 fully saturated rings. The van der Waals surface area contributed by atoms with Crippen LogP contribution in [0.3, 0.4) is 0 Å². The van der Waals surface area contributed by atoms with Crippen LogP contribution in [0.1, 0.15) is 34.5 Å². The molecule has 1 aliphatic rings. The van der Waals surface area contributed by atoms with Crippen LogP contribution in [-0.2, 0) is 10.9 Å². The highest BCUT2D eigenvalue weighted by Gasteiger charge is 2.32. The van der Waals surface area contributed by atoms with E-state index in [0.717, 1.165) is 34.5 Å². The molecule has 0 N–H and O–H groups in total. The Morgan fingerprint density at radius 1 is 0.966 bits per heavy atom. The fourth-order valence-corrected chi connectivity index (χ4v) is 3.83. The summed E-state index contributed by atoms with van der Waals surface area (Å²) >= 11 is 0. The van der Waals surface area contributed by atoms with Crippen molar-refractivity contribution in [3.05, 3.63) is 83.4 Å². The Kier molecular flexibility index (Phi) is 4.57. The van der Waals surface area contributed by atoms with E-state index in [1.807, 2.05) is 42.2 Å². The van der Waals surface area contributed by atoms with Gasteiger partial charge in [0.15, 0.2) is 0 Å². The Morgan fingerprint density at radius 3 is 2.31 bits per heavy atom. The van der Waals surface area contributed by atoms with Crippen LogP contribution in [-0.4, -0.2) is 13.1 Å². The first kappa shape index (κ1) is 19.1. The van der Waals surface area contributed by atoms with Crippen molar-refractivity contribution < 1.29 is 22.7 Å². The molecule has 148 valence electrons. The summed E-state index contributed by atoms with van der Waals surface area (Å²) in [7, 11) is 1.33. The molecular weight excluding hydrogens is 379 g/mol. The molecule has 0 saturated heterocycles. The Labute approximate surface area is 166 Å². The minimum atomic E-state index is -4.38. The van der Waals surface area contributed by atoms with Crippen molar-refractivity contribution in [1.29, 1.82) is 0 Å². The maximum Gasteiger partial charge on any atom is 0.416 e. The van der Waals surface area contributed by atoms with E-state index in [2.05, 4.69) is 0 Å². The number of benzene rings is 3. The Morgan fingerprint density at radius 2 is 1.66 bits per heavy atom. The van der Waals surface area contributed by atoms with Gasteiger partial charge in [-0.3, -0.25) is 0 Å². The first-order valence-electron chi connectivity index (χ1n) is 9.09. The van der Waals surface area contributed by atoms with E-state index in [-0.39, 0.29) is 6.04 Å². The number of carbonyl (C=O) groups is 1. The van der Waals surface area contributed by atoms with Crippen molar-refractivity contribution in [2.24, 2.45) is 0 Å². The van der Waals surface area contributed by atoms with E-state index in [0.29, 0.717) is 11.3 Å². The van der Waals surface area contributed by atoms with E-state index >= 15 is 0 Å². The van der Waals surface area contributed by atoms with Crippen molar-refractivity contribution >= 4 is 17.3 Å². The Hall–Kier alpha value is -3.28. The normalized spacial score (nSPS) is 15.5. The molecule has 0 radical (unpaired) electrons. The molecule has 0 amide bonds. The maximum absolute atomic E-state index is 13.0. The van der Waals surface area contributed by atoms with Gasteiger partial charge in [0, 0.05) is 16.9 Å². The largest absolute Gasteiger partial charge is 0.465 e. The molecule has 6 heteroatoms. The topological polar surface area (TPSA) is 29.5 Å². The second kappa shape index (κ2) is 6.95. The van der Waals surface area contributed by atoms with Gasteiger partial charge in [0.1, 0.15) is 0 Å². The van der Waals surface area contributed by atoms with E-state index in [1.165, 1.54) is 19.2 Å². The summed E-state index contributed by atoms with van der Waals surface area (Å²) < 4.78 is 43.7. The molecule has 29 heavy (non-hydrogen) atoms. The number of fused-ring (bicyclic) bond motifs is 3. The van der Waals surface area contributed by atoms with Gasteiger partial charge in [0.2, 0.25) is 0 Å². The van der Waals surface area contributed by atoms with E-state index in [4.69, 9.17) is 4.74 Å². The molecule has 1 aliphatic heterocycles. The van der Waals surface area contributed by atoms with Crippen LogP contribution in [0.5, 0.6) is 0 Å². The highest BCUT2D eigenvalue weighted by atomic mass is 19.4. The van der Waals surface area contributed by atoms with Crippen LogP contribution in [0.25, 0.3) is 11.1 Å². The third-order valence-electron chi connectivity index (χ3n) is 5.24. The van der Waals surface area contributed by atoms with Crippen molar-refractivity contribution in [3.63, 3.8) is 0 Å². The molecule has 3 aromatic carbocycles. The van der Waals surface area contributed by atoms with E-state index in [9.17, 15) is 18.0 Å². The van der Waals surface area contributed by atoms with Crippen molar-refractivity contribution in [1.82, 2.24) is 0 Å². The number of anilines is 2. The molecule has 1 unspecified atom stereocenters. The molecule has 0 spiro atoms. The molecule has 3 aromatic rings. The fourth-order valence-electron chi connectivity index (χ4n) is 3.83. The first-order valence-corrected chi connectivity index (χ1v) is 9.09. The fraction of sp³-hybridized carbons (Fsp3) is 0.174. The van der Waals surface area contributed by atoms with Crippen LogP contribution in [0.2, 0.25) is 0 Å².